The van der Waals surface area contributed by atoms with E-state index in [0.717, 1.165) is 6.07 Å². The number of rotatable bonds is 5. The molecule has 0 unspecified atom stereocenters. The maximum atomic E-state index is 14.0. The van der Waals surface area contributed by atoms with Crippen LogP contribution in [0.4, 0.5) is 10.1 Å². The van der Waals surface area contributed by atoms with Crippen molar-refractivity contribution >= 4 is 49.1 Å². The molecule has 1 aromatic carbocycles. The fourth-order valence-electron chi connectivity index (χ4n) is 1.24. The minimum atomic E-state index is -4.24. The van der Waals surface area contributed by atoms with Crippen molar-refractivity contribution < 1.29 is 17.6 Å². The molecule has 0 bridgehead atoms. The Morgan fingerprint density at radius 3 is 2.52 bits per heavy atom. The Balaban J connectivity index is 3.19. The molecule has 1 rings (SSSR count). The van der Waals surface area contributed by atoms with Crippen LogP contribution in [0.1, 0.15) is 13.8 Å². The molecular weight excluding hydrogens is 389 g/mol. The number of nitrogens with two attached hydrogens (primary N) is 2. The first-order chi connectivity index (χ1) is 9.40. The molecule has 0 radical (unpaired) electrons. The Morgan fingerprint density at radius 1 is 1.52 bits per heavy atom. The van der Waals surface area contributed by atoms with Gasteiger partial charge in [0.2, 0.25) is 15.9 Å². The maximum absolute atomic E-state index is 14.0. The van der Waals surface area contributed by atoms with Crippen LogP contribution in [0.2, 0.25) is 5.02 Å². The van der Waals surface area contributed by atoms with Crippen LogP contribution in [-0.2, 0) is 14.8 Å². The lowest BCUT2D eigenvalue weighted by Gasteiger charge is -2.21. The molecule has 0 heterocycles. The number of carbonyl (C=O) groups is 1. The Kier molecular flexibility index (Phi) is 5.25. The predicted octanol–water partition coefficient (Wildman–Crippen LogP) is 1.61. The van der Waals surface area contributed by atoms with Crippen LogP contribution in [0.3, 0.4) is 0 Å². The molecule has 0 fully saturated rings. The zero-order chi connectivity index (χ0) is 16.6. The van der Waals surface area contributed by atoms with Crippen LogP contribution in [0.25, 0.3) is 0 Å². The molecule has 1 aromatic rings. The number of primary amides is 1. The molecule has 21 heavy (non-hydrogen) atoms. The van der Waals surface area contributed by atoms with E-state index in [-0.39, 0.29) is 16.0 Å². The number of hydrogen-bond acceptors (Lipinski definition) is 4. The quantitative estimate of drug-likeness (QED) is 0.512. The van der Waals surface area contributed by atoms with Crippen molar-refractivity contribution in [1.29, 1.82) is 0 Å². The number of benzene rings is 1. The van der Waals surface area contributed by atoms with Crippen molar-refractivity contribution in [1.82, 2.24) is 4.72 Å². The average Bonchev–Trinajstić information content (AvgIpc) is 2.38. The summed E-state index contributed by atoms with van der Waals surface area (Å²) in [7, 11) is -4.24. The van der Waals surface area contributed by atoms with Gasteiger partial charge >= 0.3 is 0 Å². The van der Waals surface area contributed by atoms with Crippen molar-refractivity contribution in [3.8, 4) is 0 Å². The molecule has 10 heteroatoms. The summed E-state index contributed by atoms with van der Waals surface area (Å²) < 4.78 is 40.4. The smallest absolute Gasteiger partial charge is 0.243 e. The minimum absolute atomic E-state index is 0.0524. The topological polar surface area (TPSA) is 115 Å². The van der Waals surface area contributed by atoms with Crippen LogP contribution in [0.5, 0.6) is 0 Å². The summed E-state index contributed by atoms with van der Waals surface area (Å²) in [6.45, 7) is 2.62. The molecule has 0 saturated heterocycles. The first kappa shape index (κ1) is 18.1. The van der Waals surface area contributed by atoms with Crippen molar-refractivity contribution in [3.63, 3.8) is 0 Å². The summed E-state index contributed by atoms with van der Waals surface area (Å²) in [5.41, 5.74) is 9.03. The highest BCUT2D eigenvalue weighted by atomic mass is 79.9. The normalized spacial score (nSPS) is 12.4. The average molecular weight is 403 g/mol. The number of sulfonamides is 1. The van der Waals surface area contributed by atoms with Gasteiger partial charge in [-0.05, 0) is 35.8 Å². The van der Waals surface area contributed by atoms with Gasteiger partial charge in [-0.25, -0.2) is 17.5 Å². The molecule has 0 aromatic heterocycles. The third-order valence-electron chi connectivity index (χ3n) is 2.82. The molecule has 0 aliphatic carbocycles. The second kappa shape index (κ2) is 6.07. The standard InChI is InChI=1S/C11H14BrClFN3O3S/c1-11(2,10(16)18)4-17-21(19,20)6-3-5(13)7(12)9(15)8(6)14/h3,17H,4,15H2,1-2H3,(H2,16,18). The summed E-state index contributed by atoms with van der Waals surface area (Å²) in [6, 6.07) is 0.928. The van der Waals surface area contributed by atoms with E-state index in [0.29, 0.717) is 0 Å². The molecule has 0 aliphatic heterocycles. The van der Waals surface area contributed by atoms with E-state index in [1.54, 1.807) is 0 Å². The van der Waals surface area contributed by atoms with Gasteiger partial charge in [-0.3, -0.25) is 4.79 Å². The van der Waals surface area contributed by atoms with E-state index in [9.17, 15) is 17.6 Å². The molecule has 0 spiro atoms. The van der Waals surface area contributed by atoms with Crippen LogP contribution >= 0.6 is 27.5 Å². The zero-order valence-electron chi connectivity index (χ0n) is 11.2. The largest absolute Gasteiger partial charge is 0.395 e. The van der Waals surface area contributed by atoms with E-state index in [2.05, 4.69) is 20.7 Å². The zero-order valence-corrected chi connectivity index (χ0v) is 14.4. The van der Waals surface area contributed by atoms with E-state index in [1.165, 1.54) is 13.8 Å². The number of nitrogen functional groups attached to an aromatic ring is 1. The van der Waals surface area contributed by atoms with E-state index in [4.69, 9.17) is 23.1 Å². The molecule has 118 valence electrons. The lowest BCUT2D eigenvalue weighted by atomic mass is 9.93. The monoisotopic (exact) mass is 401 g/mol. The Bertz CT molecular complexity index is 694. The highest BCUT2D eigenvalue weighted by Crippen LogP contribution is 2.34. The number of hydrogen-bond donors (Lipinski definition) is 3. The summed E-state index contributed by atoms with van der Waals surface area (Å²) >= 11 is 8.73. The second-order valence-electron chi connectivity index (χ2n) is 4.97. The molecular formula is C11H14BrClFN3O3S. The van der Waals surface area contributed by atoms with Crippen LogP contribution < -0.4 is 16.2 Å². The van der Waals surface area contributed by atoms with E-state index >= 15 is 0 Å². The Labute approximate surface area is 135 Å². The highest BCUT2D eigenvalue weighted by molar-refractivity contribution is 9.10. The maximum Gasteiger partial charge on any atom is 0.243 e. The van der Waals surface area contributed by atoms with Gasteiger partial charge in [0.15, 0.2) is 5.82 Å². The molecule has 0 saturated carbocycles. The first-order valence-electron chi connectivity index (χ1n) is 5.62. The van der Waals surface area contributed by atoms with Gasteiger partial charge in [0.1, 0.15) is 4.90 Å². The Hall–Kier alpha value is -0.900. The molecule has 0 atom stereocenters. The summed E-state index contributed by atoms with van der Waals surface area (Å²) in [5.74, 6) is -1.82. The molecule has 5 N–H and O–H groups in total. The Morgan fingerprint density at radius 2 is 2.05 bits per heavy atom. The summed E-state index contributed by atoms with van der Waals surface area (Å²) in [4.78, 5) is 10.5. The van der Waals surface area contributed by atoms with Gasteiger partial charge in [-0.2, -0.15) is 0 Å². The molecule has 1 amide bonds. The van der Waals surface area contributed by atoms with Crippen molar-refractivity contribution in [2.24, 2.45) is 11.1 Å². The van der Waals surface area contributed by atoms with E-state index < -0.39 is 37.7 Å². The molecule has 6 nitrogen and oxygen atoms in total. The predicted molar refractivity (Wildman–Crippen MR) is 81.7 cm³/mol. The second-order valence-corrected chi connectivity index (χ2v) is 7.91. The summed E-state index contributed by atoms with van der Waals surface area (Å²) in [5, 5.41) is -0.0524. The summed E-state index contributed by atoms with van der Waals surface area (Å²) in [6.07, 6.45) is 0. The van der Waals surface area contributed by atoms with Crippen LogP contribution in [-0.4, -0.2) is 20.9 Å². The van der Waals surface area contributed by atoms with E-state index in [1.807, 2.05) is 0 Å². The number of carbonyl (C=O) groups excluding carboxylic acids is 1. The van der Waals surface area contributed by atoms with Gasteiger partial charge in [0.25, 0.3) is 0 Å². The number of nitrogens with one attached hydrogen (secondary N) is 1. The number of halogens is 3. The minimum Gasteiger partial charge on any atom is -0.395 e. The lowest BCUT2D eigenvalue weighted by molar-refractivity contribution is -0.125. The third kappa shape index (κ3) is 3.85. The lowest BCUT2D eigenvalue weighted by Crippen LogP contribution is -2.42. The SMILES string of the molecule is CC(C)(CNS(=O)(=O)c1cc(Cl)c(Br)c(N)c1F)C(N)=O. The first-order valence-corrected chi connectivity index (χ1v) is 8.28. The van der Waals surface area contributed by atoms with Crippen molar-refractivity contribution in [2.45, 2.75) is 18.7 Å². The van der Waals surface area contributed by atoms with Crippen molar-refractivity contribution in [3.05, 3.63) is 21.4 Å². The highest BCUT2D eigenvalue weighted by Gasteiger charge is 2.30. The number of amides is 1. The molecule has 0 aliphatic rings. The van der Waals surface area contributed by atoms with Gasteiger partial charge in [0, 0.05) is 6.54 Å². The van der Waals surface area contributed by atoms with Gasteiger partial charge in [-0.15, -0.1) is 0 Å². The van der Waals surface area contributed by atoms with Crippen LogP contribution in [0.15, 0.2) is 15.4 Å². The fraction of sp³-hybridized carbons (Fsp3) is 0.364. The van der Waals surface area contributed by atoms with Crippen molar-refractivity contribution in [2.75, 3.05) is 12.3 Å². The third-order valence-corrected chi connectivity index (χ3v) is 5.60. The van der Waals surface area contributed by atoms with Gasteiger partial charge in [0.05, 0.1) is 20.6 Å². The van der Waals surface area contributed by atoms with Gasteiger partial charge < -0.3 is 11.5 Å². The van der Waals surface area contributed by atoms with Crippen LogP contribution in [0, 0.1) is 11.2 Å². The van der Waals surface area contributed by atoms with Gasteiger partial charge in [-0.1, -0.05) is 11.6 Å². The number of anilines is 1. The fourth-order valence-corrected chi connectivity index (χ4v) is 3.12.